The zero-order chi connectivity index (χ0) is 16.1. The zero-order valence-electron chi connectivity index (χ0n) is 12.1. The van der Waals surface area contributed by atoms with Crippen LogP contribution >= 0.6 is 0 Å². The fourth-order valence-corrected chi connectivity index (χ4v) is 3.03. The molecule has 0 fully saturated rings. The Balaban J connectivity index is 2.26. The van der Waals surface area contributed by atoms with Crippen molar-refractivity contribution in [2.75, 3.05) is 7.11 Å². The lowest BCUT2D eigenvalue weighted by molar-refractivity contribution is -0.168. The minimum Gasteiger partial charge on any atom is -0.507 e. The normalized spacial score (nSPS) is 26.0. The second-order valence-corrected chi connectivity index (χ2v) is 5.41. The van der Waals surface area contributed by atoms with E-state index in [1.54, 1.807) is 6.92 Å². The summed E-state index contributed by atoms with van der Waals surface area (Å²) in [6.45, 7) is 1.70. The molecule has 0 spiro atoms. The fraction of sp³-hybridized carbons (Fsp3) is 0.312. The van der Waals surface area contributed by atoms with Crippen LogP contribution in [0.15, 0.2) is 24.3 Å². The van der Waals surface area contributed by atoms with Crippen LogP contribution in [0.4, 0.5) is 0 Å². The number of phenolic OH excluding ortho intramolecular Hbond substituents is 1. The Kier molecular flexibility index (Phi) is 3.05. The number of ketones is 2. The van der Waals surface area contributed by atoms with Crippen LogP contribution in [0.5, 0.6) is 11.5 Å². The summed E-state index contributed by atoms with van der Waals surface area (Å²) < 4.78 is 10.4. The molecule has 0 saturated heterocycles. The van der Waals surface area contributed by atoms with Gasteiger partial charge in [0.1, 0.15) is 17.1 Å². The van der Waals surface area contributed by atoms with Gasteiger partial charge < -0.3 is 14.6 Å². The van der Waals surface area contributed by atoms with Crippen molar-refractivity contribution in [2.24, 2.45) is 5.92 Å². The molecule has 22 heavy (non-hydrogen) atoms. The largest absolute Gasteiger partial charge is 0.507 e. The first-order valence-corrected chi connectivity index (χ1v) is 6.78. The Labute approximate surface area is 126 Å². The minimum atomic E-state index is -2.01. The molecule has 1 aliphatic carbocycles. The summed E-state index contributed by atoms with van der Waals surface area (Å²) >= 11 is 0. The number of carbonyl (C=O) groups is 3. The highest BCUT2D eigenvalue weighted by Crippen LogP contribution is 2.45. The first kappa shape index (κ1) is 14.3. The van der Waals surface area contributed by atoms with E-state index in [9.17, 15) is 19.5 Å². The van der Waals surface area contributed by atoms with Gasteiger partial charge in [-0.15, -0.1) is 0 Å². The van der Waals surface area contributed by atoms with Gasteiger partial charge in [-0.05, 0) is 37.1 Å². The van der Waals surface area contributed by atoms with E-state index < -0.39 is 29.1 Å². The number of benzene rings is 1. The van der Waals surface area contributed by atoms with Gasteiger partial charge in [-0.2, -0.15) is 0 Å². The van der Waals surface area contributed by atoms with Gasteiger partial charge >= 0.3 is 5.97 Å². The number of hydrogen-bond donors (Lipinski definition) is 1. The van der Waals surface area contributed by atoms with Crippen molar-refractivity contribution in [1.82, 2.24) is 0 Å². The number of hydrogen-bond acceptors (Lipinski definition) is 6. The Hall–Kier alpha value is -2.63. The number of aromatic hydroxyl groups is 1. The van der Waals surface area contributed by atoms with Crippen LogP contribution in [-0.4, -0.2) is 35.4 Å². The number of phenols is 1. The van der Waals surface area contributed by atoms with Gasteiger partial charge in [0.2, 0.25) is 5.78 Å². The van der Waals surface area contributed by atoms with Crippen molar-refractivity contribution >= 4 is 17.5 Å². The summed E-state index contributed by atoms with van der Waals surface area (Å²) in [6.07, 6.45) is 2.90. The van der Waals surface area contributed by atoms with Crippen LogP contribution < -0.4 is 4.74 Å². The molecule has 0 radical (unpaired) electrons. The number of esters is 1. The summed E-state index contributed by atoms with van der Waals surface area (Å²) in [7, 11) is 1.14. The number of methoxy groups -OCH3 is 1. The molecular weight excluding hydrogens is 288 g/mol. The van der Waals surface area contributed by atoms with E-state index in [0.717, 1.165) is 7.11 Å². The Morgan fingerprint density at radius 2 is 2.14 bits per heavy atom. The lowest BCUT2D eigenvalue weighted by atomic mass is 9.71. The maximum atomic E-state index is 12.7. The predicted octanol–water partition coefficient (Wildman–Crippen LogP) is 1.33. The number of allylic oxidation sites excluding steroid dienone is 1. The smallest absolute Gasteiger partial charge is 0.359 e. The van der Waals surface area contributed by atoms with E-state index in [1.165, 1.54) is 24.3 Å². The molecule has 1 aromatic rings. The van der Waals surface area contributed by atoms with Gasteiger partial charge in [-0.25, -0.2) is 4.79 Å². The maximum absolute atomic E-state index is 12.7. The van der Waals surface area contributed by atoms with E-state index in [0.29, 0.717) is 5.56 Å². The highest BCUT2D eigenvalue weighted by atomic mass is 16.6. The molecule has 6 heteroatoms. The van der Waals surface area contributed by atoms with Gasteiger partial charge in [0.15, 0.2) is 5.78 Å². The summed E-state index contributed by atoms with van der Waals surface area (Å²) in [5.74, 6) is -3.28. The third-order valence-electron chi connectivity index (χ3n) is 4.05. The first-order valence-electron chi connectivity index (χ1n) is 6.78. The molecule has 1 aromatic carbocycles. The Bertz CT molecular complexity index is 732. The number of ether oxygens (including phenoxy) is 2. The number of carbonyl (C=O) groups excluding carboxylic acids is 3. The zero-order valence-corrected chi connectivity index (χ0v) is 12.1. The van der Waals surface area contributed by atoms with Crippen LogP contribution in [0.25, 0.3) is 0 Å². The second-order valence-electron chi connectivity index (χ2n) is 5.41. The van der Waals surface area contributed by atoms with Crippen molar-refractivity contribution in [3.63, 3.8) is 0 Å². The van der Waals surface area contributed by atoms with Crippen LogP contribution in [-0.2, 0) is 14.3 Å². The fourth-order valence-electron chi connectivity index (χ4n) is 3.03. The lowest BCUT2D eigenvalue weighted by Gasteiger charge is -2.41. The molecule has 6 nitrogen and oxygen atoms in total. The van der Waals surface area contributed by atoms with Gasteiger partial charge in [-0.1, -0.05) is 6.08 Å². The molecule has 0 saturated carbocycles. The van der Waals surface area contributed by atoms with Crippen LogP contribution in [0, 0.1) is 12.8 Å². The van der Waals surface area contributed by atoms with Crippen molar-refractivity contribution in [3.05, 3.63) is 35.4 Å². The first-order chi connectivity index (χ1) is 10.4. The second kappa shape index (κ2) is 4.69. The minimum absolute atomic E-state index is 0.00164. The van der Waals surface area contributed by atoms with Gasteiger partial charge in [0.25, 0.3) is 5.60 Å². The molecule has 1 heterocycles. The predicted molar refractivity (Wildman–Crippen MR) is 74.8 cm³/mol. The van der Waals surface area contributed by atoms with E-state index in [1.807, 2.05) is 0 Å². The molecule has 0 aromatic heterocycles. The van der Waals surface area contributed by atoms with Crippen LogP contribution in [0.1, 0.15) is 22.3 Å². The number of Topliss-reactive ketones (excluding diaryl/α,β-unsaturated/α-hetero) is 1. The molecule has 1 aliphatic heterocycles. The Morgan fingerprint density at radius 3 is 2.82 bits per heavy atom. The molecule has 2 aliphatic rings. The van der Waals surface area contributed by atoms with Gasteiger partial charge in [0, 0.05) is 0 Å². The number of fused-ring (bicyclic) bond motifs is 2. The lowest BCUT2D eigenvalue weighted by Crippen LogP contribution is -2.62. The quantitative estimate of drug-likeness (QED) is 0.622. The SMILES string of the molecule is COC(=O)[C@]12Oc3cc(C)cc(O)c3C(=O)[C@H]1CC=CC2=O. The average molecular weight is 302 g/mol. The number of rotatable bonds is 1. The number of aryl methyl sites for hydroxylation is 1. The summed E-state index contributed by atoms with van der Waals surface area (Å²) in [4.78, 5) is 37.3. The molecular formula is C16H14O6. The van der Waals surface area contributed by atoms with Crippen molar-refractivity contribution in [3.8, 4) is 11.5 Å². The van der Waals surface area contributed by atoms with E-state index in [2.05, 4.69) is 0 Å². The summed E-state index contributed by atoms with van der Waals surface area (Å²) in [5, 5.41) is 10.0. The third-order valence-corrected chi connectivity index (χ3v) is 4.05. The van der Waals surface area contributed by atoms with Gasteiger partial charge in [0.05, 0.1) is 13.0 Å². The molecule has 0 bridgehead atoms. The highest BCUT2D eigenvalue weighted by Gasteiger charge is 2.61. The molecule has 114 valence electrons. The summed E-state index contributed by atoms with van der Waals surface area (Å²) in [6, 6.07) is 2.95. The third kappa shape index (κ3) is 1.70. The van der Waals surface area contributed by atoms with E-state index >= 15 is 0 Å². The molecule has 2 atom stereocenters. The molecule has 1 N–H and O–H groups in total. The monoisotopic (exact) mass is 302 g/mol. The van der Waals surface area contributed by atoms with Crippen molar-refractivity contribution < 1.29 is 29.0 Å². The highest BCUT2D eigenvalue weighted by molar-refractivity contribution is 6.20. The van der Waals surface area contributed by atoms with Crippen LogP contribution in [0.2, 0.25) is 0 Å². The van der Waals surface area contributed by atoms with Crippen molar-refractivity contribution in [1.29, 1.82) is 0 Å². The molecule has 0 unspecified atom stereocenters. The van der Waals surface area contributed by atoms with E-state index in [-0.39, 0.29) is 23.5 Å². The van der Waals surface area contributed by atoms with Crippen molar-refractivity contribution in [2.45, 2.75) is 18.9 Å². The van der Waals surface area contributed by atoms with E-state index in [4.69, 9.17) is 9.47 Å². The Morgan fingerprint density at radius 1 is 1.41 bits per heavy atom. The van der Waals surface area contributed by atoms with Crippen LogP contribution in [0.3, 0.4) is 0 Å². The standard InChI is InChI=1S/C16H14O6/c1-8-6-10(17)13-11(7-8)22-16(15(20)21-2)9(14(13)19)4-3-5-12(16)18/h3,5-7,9,17H,4H2,1-2H3/t9-,16+/m1/s1. The summed E-state index contributed by atoms with van der Waals surface area (Å²) in [5.41, 5.74) is -1.37. The molecule has 0 amide bonds. The average Bonchev–Trinajstić information content (AvgIpc) is 2.47. The topological polar surface area (TPSA) is 89.9 Å². The maximum Gasteiger partial charge on any atom is 0.359 e. The van der Waals surface area contributed by atoms with Gasteiger partial charge in [-0.3, -0.25) is 9.59 Å². The molecule has 3 rings (SSSR count).